The van der Waals surface area contributed by atoms with Crippen LogP contribution in [0, 0.1) is 10.1 Å². The van der Waals surface area contributed by atoms with Crippen LogP contribution in [0.4, 0.5) is 17.3 Å². The molecule has 9 nitrogen and oxygen atoms in total. The highest BCUT2D eigenvalue weighted by atomic mass is 16.6. The Bertz CT molecular complexity index is 1260. The van der Waals surface area contributed by atoms with E-state index < -0.39 is 4.92 Å². The molecule has 0 atom stereocenters. The average Bonchev–Trinajstić information content (AvgIpc) is 2.86. The molecule has 0 radical (unpaired) electrons. The SMILES string of the molecule is COc1ccc(CNc2nc3ccc([N+](=O)[O-])cc3nc2NCc2ccc(OC)cc2)cc1. The van der Waals surface area contributed by atoms with Crippen molar-refractivity contribution >= 4 is 28.4 Å². The van der Waals surface area contributed by atoms with E-state index in [9.17, 15) is 10.1 Å². The maximum absolute atomic E-state index is 11.2. The molecule has 9 heteroatoms. The second kappa shape index (κ2) is 9.82. The first-order valence-electron chi connectivity index (χ1n) is 10.3. The molecule has 0 saturated heterocycles. The number of fused-ring (bicyclic) bond motifs is 1. The third kappa shape index (κ3) is 5.27. The van der Waals surface area contributed by atoms with E-state index in [4.69, 9.17) is 9.47 Å². The third-order valence-corrected chi connectivity index (χ3v) is 5.10. The molecule has 0 saturated carbocycles. The predicted molar refractivity (Wildman–Crippen MR) is 127 cm³/mol. The summed E-state index contributed by atoms with van der Waals surface area (Å²) in [4.78, 5) is 20.0. The molecule has 3 aromatic carbocycles. The minimum Gasteiger partial charge on any atom is -0.497 e. The number of nitrogens with one attached hydrogen (secondary N) is 2. The van der Waals surface area contributed by atoms with Crippen LogP contribution in [0.2, 0.25) is 0 Å². The van der Waals surface area contributed by atoms with Gasteiger partial charge in [0.15, 0.2) is 11.6 Å². The number of nitro groups is 1. The zero-order chi connectivity index (χ0) is 23.2. The van der Waals surface area contributed by atoms with Gasteiger partial charge in [-0.1, -0.05) is 24.3 Å². The summed E-state index contributed by atoms with van der Waals surface area (Å²) in [6.45, 7) is 1.02. The lowest BCUT2D eigenvalue weighted by Crippen LogP contribution is -2.09. The molecule has 0 fully saturated rings. The highest BCUT2D eigenvalue weighted by Crippen LogP contribution is 2.26. The molecule has 2 N–H and O–H groups in total. The van der Waals surface area contributed by atoms with E-state index in [2.05, 4.69) is 20.6 Å². The number of hydrogen-bond acceptors (Lipinski definition) is 8. The van der Waals surface area contributed by atoms with Gasteiger partial charge in [-0.15, -0.1) is 0 Å². The largest absolute Gasteiger partial charge is 0.497 e. The zero-order valence-corrected chi connectivity index (χ0v) is 18.2. The van der Waals surface area contributed by atoms with Crippen molar-refractivity contribution in [3.05, 3.63) is 88.0 Å². The van der Waals surface area contributed by atoms with Gasteiger partial charge in [-0.25, -0.2) is 9.97 Å². The molecule has 0 bridgehead atoms. The molecule has 0 aliphatic heterocycles. The highest BCUT2D eigenvalue weighted by molar-refractivity contribution is 5.82. The van der Waals surface area contributed by atoms with Crippen LogP contribution in [0.1, 0.15) is 11.1 Å². The molecule has 0 unspecified atom stereocenters. The van der Waals surface area contributed by atoms with Gasteiger partial charge in [-0.05, 0) is 41.5 Å². The molecule has 0 amide bonds. The van der Waals surface area contributed by atoms with E-state index in [-0.39, 0.29) is 5.69 Å². The van der Waals surface area contributed by atoms with Gasteiger partial charge in [0.25, 0.3) is 5.69 Å². The highest BCUT2D eigenvalue weighted by Gasteiger charge is 2.13. The van der Waals surface area contributed by atoms with E-state index in [1.807, 2.05) is 48.5 Å². The van der Waals surface area contributed by atoms with Crippen molar-refractivity contribution in [1.29, 1.82) is 0 Å². The van der Waals surface area contributed by atoms with Gasteiger partial charge < -0.3 is 20.1 Å². The molecule has 33 heavy (non-hydrogen) atoms. The molecule has 4 rings (SSSR count). The predicted octanol–water partition coefficient (Wildman–Crippen LogP) is 4.78. The van der Waals surface area contributed by atoms with Gasteiger partial charge in [0.1, 0.15) is 11.5 Å². The lowest BCUT2D eigenvalue weighted by atomic mass is 10.2. The quantitative estimate of drug-likeness (QED) is 0.280. The van der Waals surface area contributed by atoms with Crippen molar-refractivity contribution in [2.24, 2.45) is 0 Å². The molecule has 168 valence electrons. The van der Waals surface area contributed by atoms with Crippen molar-refractivity contribution in [1.82, 2.24) is 9.97 Å². The van der Waals surface area contributed by atoms with Crippen molar-refractivity contribution in [3.63, 3.8) is 0 Å². The Labute approximate surface area is 190 Å². The summed E-state index contributed by atoms with van der Waals surface area (Å²) in [6, 6.07) is 19.9. The molecule has 0 aliphatic carbocycles. The molecule has 0 aliphatic rings. The van der Waals surface area contributed by atoms with Crippen molar-refractivity contribution in [3.8, 4) is 11.5 Å². The second-order valence-corrected chi connectivity index (χ2v) is 7.25. The van der Waals surface area contributed by atoms with Crippen LogP contribution in [-0.2, 0) is 13.1 Å². The van der Waals surface area contributed by atoms with Gasteiger partial charge in [0.05, 0.1) is 30.2 Å². The Morgan fingerprint density at radius 3 is 1.70 bits per heavy atom. The number of nitro benzene ring substituents is 1. The topological polar surface area (TPSA) is 111 Å². The smallest absolute Gasteiger partial charge is 0.271 e. The first-order valence-corrected chi connectivity index (χ1v) is 10.3. The maximum atomic E-state index is 11.2. The van der Waals surface area contributed by atoms with E-state index in [0.717, 1.165) is 22.6 Å². The van der Waals surface area contributed by atoms with Crippen LogP contribution in [-0.4, -0.2) is 29.1 Å². The van der Waals surface area contributed by atoms with E-state index in [1.165, 1.54) is 12.1 Å². The number of rotatable bonds is 9. The van der Waals surface area contributed by atoms with E-state index in [1.54, 1.807) is 20.3 Å². The number of nitrogens with zero attached hydrogens (tertiary/aromatic N) is 3. The van der Waals surface area contributed by atoms with Gasteiger partial charge >= 0.3 is 0 Å². The Balaban J connectivity index is 1.61. The maximum Gasteiger partial charge on any atom is 0.271 e. The second-order valence-electron chi connectivity index (χ2n) is 7.25. The first kappa shape index (κ1) is 21.8. The summed E-state index contributed by atoms with van der Waals surface area (Å²) in [5.74, 6) is 2.62. The van der Waals surface area contributed by atoms with Crippen molar-refractivity contribution in [2.75, 3.05) is 24.9 Å². The van der Waals surface area contributed by atoms with Gasteiger partial charge in [-0.3, -0.25) is 10.1 Å². The average molecular weight is 445 g/mol. The molecular formula is C24H23N5O4. The minimum atomic E-state index is -0.443. The van der Waals surface area contributed by atoms with E-state index in [0.29, 0.717) is 35.8 Å². The summed E-state index contributed by atoms with van der Waals surface area (Å²) in [6.07, 6.45) is 0. The number of non-ortho nitro benzene ring substituents is 1. The fourth-order valence-corrected chi connectivity index (χ4v) is 3.26. The Kier molecular flexibility index (Phi) is 6.49. The monoisotopic (exact) mass is 445 g/mol. The van der Waals surface area contributed by atoms with Crippen LogP contribution in [0.5, 0.6) is 11.5 Å². The number of aromatic nitrogens is 2. The summed E-state index contributed by atoms with van der Waals surface area (Å²) in [7, 11) is 3.25. The zero-order valence-electron chi connectivity index (χ0n) is 18.2. The lowest BCUT2D eigenvalue weighted by Gasteiger charge is -2.14. The van der Waals surface area contributed by atoms with Crippen molar-refractivity contribution in [2.45, 2.75) is 13.1 Å². The normalized spacial score (nSPS) is 10.6. The fraction of sp³-hybridized carbons (Fsp3) is 0.167. The van der Waals surface area contributed by atoms with Gasteiger partial charge in [-0.2, -0.15) is 0 Å². The number of ether oxygens (including phenoxy) is 2. The van der Waals surface area contributed by atoms with Crippen LogP contribution in [0.3, 0.4) is 0 Å². The lowest BCUT2D eigenvalue weighted by molar-refractivity contribution is -0.384. The summed E-state index contributed by atoms with van der Waals surface area (Å²) < 4.78 is 10.4. The summed E-state index contributed by atoms with van der Waals surface area (Å²) in [5.41, 5.74) is 3.04. The molecule has 0 spiro atoms. The number of anilines is 2. The minimum absolute atomic E-state index is 0.0307. The molecular weight excluding hydrogens is 422 g/mol. The number of benzene rings is 3. The van der Waals surface area contributed by atoms with E-state index >= 15 is 0 Å². The van der Waals surface area contributed by atoms with Gasteiger partial charge in [0, 0.05) is 25.2 Å². The third-order valence-electron chi connectivity index (χ3n) is 5.10. The Hall–Kier alpha value is -4.40. The van der Waals surface area contributed by atoms with Gasteiger partial charge in [0.2, 0.25) is 0 Å². The Morgan fingerprint density at radius 2 is 1.24 bits per heavy atom. The molecule has 1 heterocycles. The number of methoxy groups -OCH3 is 2. The van der Waals surface area contributed by atoms with Crippen LogP contribution in [0.25, 0.3) is 11.0 Å². The van der Waals surface area contributed by atoms with Crippen LogP contribution >= 0.6 is 0 Å². The summed E-state index contributed by atoms with van der Waals surface area (Å²) >= 11 is 0. The Morgan fingerprint density at radius 1 is 0.758 bits per heavy atom. The van der Waals surface area contributed by atoms with Crippen LogP contribution < -0.4 is 20.1 Å². The molecule has 1 aromatic heterocycles. The standard InChI is InChI=1S/C24H23N5O4/c1-32-19-8-3-16(4-9-19)14-25-23-24(26-15-17-5-10-20(33-2)11-6-17)28-22-13-18(29(30)31)7-12-21(22)27-23/h3-13H,14-15H2,1-2H3,(H,25,27)(H,26,28). The van der Waals surface area contributed by atoms with Crippen molar-refractivity contribution < 1.29 is 14.4 Å². The fourth-order valence-electron chi connectivity index (χ4n) is 3.26. The summed E-state index contributed by atoms with van der Waals surface area (Å²) in [5, 5.41) is 17.8. The van der Waals surface area contributed by atoms with Crippen LogP contribution in [0.15, 0.2) is 66.7 Å². The first-order chi connectivity index (χ1) is 16.1. The number of hydrogen-bond donors (Lipinski definition) is 2. The molecule has 4 aromatic rings.